The quantitative estimate of drug-likeness (QED) is 0.516. The molecular formula is C11H10F2N2O6. The Labute approximate surface area is 116 Å². The molecule has 8 nitrogen and oxygen atoms in total. The third-order valence-corrected chi connectivity index (χ3v) is 2.52. The van der Waals surface area contributed by atoms with Gasteiger partial charge in [0, 0.05) is 19.1 Å². The van der Waals surface area contributed by atoms with Crippen molar-refractivity contribution in [3.63, 3.8) is 0 Å². The molecule has 0 aliphatic heterocycles. The summed E-state index contributed by atoms with van der Waals surface area (Å²) in [5, 5.41) is 29.7. The first-order chi connectivity index (χ1) is 9.79. The lowest BCUT2D eigenvalue weighted by Crippen LogP contribution is -2.42. The van der Waals surface area contributed by atoms with Crippen molar-refractivity contribution in [2.24, 2.45) is 0 Å². The second-order valence-corrected chi connectivity index (χ2v) is 3.89. The normalized spacial score (nSPS) is 11.8. The Bertz CT molecular complexity index is 592. The van der Waals surface area contributed by atoms with Gasteiger partial charge in [0.2, 0.25) is 5.82 Å². The summed E-state index contributed by atoms with van der Waals surface area (Å²) < 4.78 is 27.2. The molecule has 0 saturated heterocycles. The molecule has 10 heteroatoms. The molecule has 0 unspecified atom stereocenters. The lowest BCUT2D eigenvalue weighted by molar-refractivity contribution is -0.387. The largest absolute Gasteiger partial charge is 0.480 e. The van der Waals surface area contributed by atoms with Crippen LogP contribution in [0.15, 0.2) is 12.1 Å². The van der Waals surface area contributed by atoms with Crippen LogP contribution in [0.5, 0.6) is 0 Å². The zero-order valence-electron chi connectivity index (χ0n) is 10.4. The van der Waals surface area contributed by atoms with Gasteiger partial charge in [0.25, 0.3) is 5.91 Å². The Kier molecular flexibility index (Phi) is 5.24. The standard InChI is InChI=1S/C11H10F2N2O6/c12-5-1-2-7(15(20)21)9(13)8(5)10(17)14-6(3-4-16)11(18)19/h1-2,6,16H,3-4H2,(H,14,17)(H,18,19)/t6-/m1/s1. The predicted octanol–water partition coefficient (Wildman–Crippen LogP) is 0.438. The van der Waals surface area contributed by atoms with Crippen molar-refractivity contribution in [1.82, 2.24) is 5.32 Å². The molecule has 0 radical (unpaired) electrons. The highest BCUT2D eigenvalue weighted by molar-refractivity contribution is 5.97. The molecule has 0 bridgehead atoms. The third kappa shape index (κ3) is 3.69. The van der Waals surface area contributed by atoms with Crippen molar-refractivity contribution in [1.29, 1.82) is 0 Å². The van der Waals surface area contributed by atoms with Crippen molar-refractivity contribution < 1.29 is 33.5 Å². The van der Waals surface area contributed by atoms with Crippen molar-refractivity contribution >= 4 is 17.6 Å². The van der Waals surface area contributed by atoms with Crippen LogP contribution in [-0.4, -0.2) is 39.7 Å². The van der Waals surface area contributed by atoms with Gasteiger partial charge in [-0.1, -0.05) is 0 Å². The minimum absolute atomic E-state index is 0.390. The van der Waals surface area contributed by atoms with Gasteiger partial charge in [0.05, 0.1) is 4.92 Å². The highest BCUT2D eigenvalue weighted by Crippen LogP contribution is 2.23. The Morgan fingerprint density at radius 1 is 1.38 bits per heavy atom. The van der Waals surface area contributed by atoms with Crippen LogP contribution < -0.4 is 5.32 Å². The third-order valence-electron chi connectivity index (χ3n) is 2.52. The minimum atomic E-state index is -1.70. The lowest BCUT2D eigenvalue weighted by Gasteiger charge is -2.13. The van der Waals surface area contributed by atoms with E-state index in [1.54, 1.807) is 5.32 Å². The number of rotatable bonds is 6. The fourth-order valence-electron chi connectivity index (χ4n) is 1.51. The van der Waals surface area contributed by atoms with Gasteiger partial charge < -0.3 is 15.5 Å². The number of nitro groups is 1. The van der Waals surface area contributed by atoms with Gasteiger partial charge in [0.15, 0.2) is 0 Å². The summed E-state index contributed by atoms with van der Waals surface area (Å²) in [5.74, 6) is -6.06. The minimum Gasteiger partial charge on any atom is -0.480 e. The number of aliphatic carboxylic acids is 1. The Hall–Kier alpha value is -2.62. The second-order valence-electron chi connectivity index (χ2n) is 3.89. The molecule has 0 aromatic heterocycles. The van der Waals surface area contributed by atoms with Crippen LogP contribution in [0.3, 0.4) is 0 Å². The number of carboxylic acids is 1. The van der Waals surface area contributed by atoms with E-state index in [2.05, 4.69) is 0 Å². The van der Waals surface area contributed by atoms with Crippen molar-refractivity contribution in [3.8, 4) is 0 Å². The van der Waals surface area contributed by atoms with Gasteiger partial charge in [-0.25, -0.2) is 9.18 Å². The summed E-state index contributed by atoms with van der Waals surface area (Å²) >= 11 is 0. The molecule has 1 aromatic rings. The van der Waals surface area contributed by atoms with Crippen LogP contribution >= 0.6 is 0 Å². The molecule has 1 atom stereocenters. The first-order valence-electron chi connectivity index (χ1n) is 5.56. The van der Waals surface area contributed by atoms with E-state index < -0.39 is 52.3 Å². The predicted molar refractivity (Wildman–Crippen MR) is 63.6 cm³/mol. The molecular weight excluding hydrogens is 294 g/mol. The first kappa shape index (κ1) is 16.4. The molecule has 0 aliphatic carbocycles. The number of carbonyl (C=O) groups excluding carboxylic acids is 1. The van der Waals surface area contributed by atoms with Gasteiger partial charge >= 0.3 is 11.7 Å². The van der Waals surface area contributed by atoms with Gasteiger partial charge in [0.1, 0.15) is 17.4 Å². The Morgan fingerprint density at radius 3 is 2.48 bits per heavy atom. The van der Waals surface area contributed by atoms with Gasteiger partial charge in [-0.2, -0.15) is 4.39 Å². The fourth-order valence-corrected chi connectivity index (χ4v) is 1.51. The molecule has 1 rings (SSSR count). The number of nitrogens with zero attached hydrogens (tertiary/aromatic N) is 1. The number of halogens is 2. The molecule has 0 aliphatic rings. The monoisotopic (exact) mass is 304 g/mol. The van der Waals surface area contributed by atoms with E-state index in [9.17, 15) is 28.5 Å². The molecule has 1 amide bonds. The van der Waals surface area contributed by atoms with E-state index in [1.807, 2.05) is 0 Å². The summed E-state index contributed by atoms with van der Waals surface area (Å²) in [6, 6.07) is -0.512. The molecule has 0 saturated carbocycles. The van der Waals surface area contributed by atoms with E-state index in [4.69, 9.17) is 10.2 Å². The smallest absolute Gasteiger partial charge is 0.326 e. The van der Waals surface area contributed by atoms with E-state index in [-0.39, 0.29) is 6.42 Å². The number of nitrogens with one attached hydrogen (secondary N) is 1. The van der Waals surface area contributed by atoms with Crippen molar-refractivity contribution in [2.75, 3.05) is 6.61 Å². The van der Waals surface area contributed by atoms with E-state index in [0.717, 1.165) is 0 Å². The lowest BCUT2D eigenvalue weighted by atomic mass is 10.1. The number of carbonyl (C=O) groups is 2. The highest BCUT2D eigenvalue weighted by atomic mass is 19.1. The van der Waals surface area contributed by atoms with Crippen LogP contribution in [0.25, 0.3) is 0 Å². The van der Waals surface area contributed by atoms with E-state index in [0.29, 0.717) is 12.1 Å². The van der Waals surface area contributed by atoms with Gasteiger partial charge in [-0.3, -0.25) is 14.9 Å². The molecule has 0 heterocycles. The number of carboxylic acid groups (broad SMARTS) is 1. The zero-order chi connectivity index (χ0) is 16.2. The molecule has 0 spiro atoms. The van der Waals surface area contributed by atoms with E-state index in [1.165, 1.54) is 0 Å². The molecule has 0 fully saturated rings. The number of nitro benzene ring substituents is 1. The summed E-state index contributed by atoms with van der Waals surface area (Å²) in [4.78, 5) is 31.9. The second kappa shape index (κ2) is 6.70. The van der Waals surface area contributed by atoms with Crippen LogP contribution in [0.1, 0.15) is 16.8 Å². The van der Waals surface area contributed by atoms with Crippen LogP contribution in [0.4, 0.5) is 14.5 Å². The summed E-state index contributed by atoms with van der Waals surface area (Å²) in [6.07, 6.45) is -0.390. The number of aliphatic hydroxyl groups is 1. The number of amides is 1. The molecule has 3 N–H and O–H groups in total. The van der Waals surface area contributed by atoms with Crippen molar-refractivity contribution in [3.05, 3.63) is 39.4 Å². The highest BCUT2D eigenvalue weighted by Gasteiger charge is 2.29. The summed E-state index contributed by atoms with van der Waals surface area (Å²) in [7, 11) is 0. The molecule has 1 aromatic carbocycles. The van der Waals surface area contributed by atoms with Crippen LogP contribution in [0, 0.1) is 21.7 Å². The summed E-state index contributed by atoms with van der Waals surface area (Å²) in [5.41, 5.74) is -2.37. The average Bonchev–Trinajstić information content (AvgIpc) is 2.37. The average molecular weight is 304 g/mol. The maximum atomic E-state index is 13.7. The molecule has 21 heavy (non-hydrogen) atoms. The number of aliphatic hydroxyl groups excluding tert-OH is 1. The van der Waals surface area contributed by atoms with Crippen molar-refractivity contribution in [2.45, 2.75) is 12.5 Å². The maximum absolute atomic E-state index is 13.7. The number of hydrogen-bond acceptors (Lipinski definition) is 5. The fraction of sp³-hybridized carbons (Fsp3) is 0.273. The van der Waals surface area contributed by atoms with Gasteiger partial charge in [-0.05, 0) is 6.07 Å². The maximum Gasteiger partial charge on any atom is 0.326 e. The molecule has 114 valence electrons. The van der Waals surface area contributed by atoms with E-state index >= 15 is 0 Å². The number of hydrogen-bond donors (Lipinski definition) is 3. The van der Waals surface area contributed by atoms with Crippen LogP contribution in [-0.2, 0) is 4.79 Å². The van der Waals surface area contributed by atoms with Gasteiger partial charge in [-0.15, -0.1) is 0 Å². The van der Waals surface area contributed by atoms with Crippen LogP contribution in [0.2, 0.25) is 0 Å². The Morgan fingerprint density at radius 2 is 2.00 bits per heavy atom. The zero-order valence-corrected chi connectivity index (χ0v) is 10.4. The first-order valence-corrected chi connectivity index (χ1v) is 5.56. The number of benzene rings is 1. The topological polar surface area (TPSA) is 130 Å². The summed E-state index contributed by atoms with van der Waals surface area (Å²) in [6.45, 7) is -0.586. The SMILES string of the molecule is O=C(N[C@H](CCO)C(=O)O)c1c(F)ccc([N+](=O)[O-])c1F. The Balaban J connectivity index is 3.15.